The van der Waals surface area contributed by atoms with Gasteiger partial charge in [-0.2, -0.15) is 0 Å². The van der Waals surface area contributed by atoms with Crippen molar-refractivity contribution in [2.24, 2.45) is 5.14 Å². The summed E-state index contributed by atoms with van der Waals surface area (Å²) in [6.07, 6.45) is 5.42. The van der Waals surface area contributed by atoms with Crippen LogP contribution < -0.4 is 10.7 Å². The lowest BCUT2D eigenvalue weighted by Gasteiger charge is -2.13. The van der Waals surface area contributed by atoms with Crippen LogP contribution in [0.25, 0.3) is 10.2 Å². The zero-order valence-corrected chi connectivity index (χ0v) is 19.1. The van der Waals surface area contributed by atoms with Gasteiger partial charge in [0.15, 0.2) is 5.16 Å². The van der Waals surface area contributed by atoms with Crippen molar-refractivity contribution in [1.29, 1.82) is 0 Å². The zero-order chi connectivity index (χ0) is 21.1. The molecule has 2 aromatic heterocycles. The largest absolute Gasteiger partial charge is 0.287 e. The Balaban J connectivity index is 1.67. The number of nitrogens with two attached hydrogens (primary N) is 1. The van der Waals surface area contributed by atoms with Crippen molar-refractivity contribution >= 4 is 43.3 Å². The minimum Gasteiger partial charge on any atom is -0.287 e. The van der Waals surface area contributed by atoms with E-state index in [1.54, 1.807) is 15.9 Å². The Morgan fingerprint density at radius 2 is 1.93 bits per heavy atom. The molecule has 0 aliphatic heterocycles. The molecule has 1 aliphatic rings. The molecule has 2 heterocycles. The summed E-state index contributed by atoms with van der Waals surface area (Å²) in [5.41, 5.74) is 2.39. The third kappa shape index (κ3) is 4.96. The molecule has 9 heteroatoms. The number of thiophene rings is 1. The van der Waals surface area contributed by atoms with E-state index in [4.69, 9.17) is 10.1 Å². The van der Waals surface area contributed by atoms with Gasteiger partial charge < -0.3 is 0 Å². The maximum atomic E-state index is 13.5. The van der Waals surface area contributed by atoms with E-state index in [-0.39, 0.29) is 11.3 Å². The molecule has 1 aromatic carbocycles. The highest BCUT2D eigenvalue weighted by Crippen LogP contribution is 2.34. The normalized spacial score (nSPS) is 14.2. The van der Waals surface area contributed by atoms with E-state index in [0.29, 0.717) is 23.9 Å². The van der Waals surface area contributed by atoms with Crippen LogP contribution in [0.5, 0.6) is 0 Å². The molecule has 0 atom stereocenters. The monoisotopic (exact) mass is 463 g/mol. The first kappa shape index (κ1) is 21.5. The van der Waals surface area contributed by atoms with E-state index in [0.717, 1.165) is 42.3 Å². The fourth-order valence-corrected chi connectivity index (χ4v) is 6.83. The van der Waals surface area contributed by atoms with Crippen LogP contribution in [0, 0.1) is 0 Å². The molecule has 0 fully saturated rings. The quantitative estimate of drug-likeness (QED) is 0.314. The second kappa shape index (κ2) is 9.21. The number of hydrogen-bond donors (Lipinski definition) is 1. The fourth-order valence-electron chi connectivity index (χ4n) is 3.84. The van der Waals surface area contributed by atoms with Crippen molar-refractivity contribution in [3.63, 3.8) is 0 Å². The summed E-state index contributed by atoms with van der Waals surface area (Å²) in [7, 11) is -3.48. The number of primary sulfonamides is 1. The number of aromatic nitrogens is 2. The van der Waals surface area contributed by atoms with Gasteiger partial charge in [0.05, 0.1) is 11.1 Å². The van der Waals surface area contributed by atoms with Crippen molar-refractivity contribution in [1.82, 2.24) is 9.55 Å². The summed E-state index contributed by atoms with van der Waals surface area (Å²) in [6, 6.07) is 10.1. The van der Waals surface area contributed by atoms with Gasteiger partial charge in [-0.05, 0) is 49.7 Å². The van der Waals surface area contributed by atoms with E-state index < -0.39 is 10.0 Å². The molecule has 0 spiro atoms. The Labute approximate surface area is 184 Å². The van der Waals surface area contributed by atoms with Crippen LogP contribution in [0.3, 0.4) is 0 Å². The average Bonchev–Trinajstić information content (AvgIpc) is 3.09. The molecule has 30 heavy (non-hydrogen) atoms. The van der Waals surface area contributed by atoms with E-state index in [1.807, 2.05) is 18.2 Å². The van der Waals surface area contributed by atoms with Gasteiger partial charge in [0, 0.05) is 17.2 Å². The minimum absolute atomic E-state index is 0.0317. The maximum Gasteiger partial charge on any atom is 0.263 e. The molecule has 160 valence electrons. The highest BCUT2D eigenvalue weighted by atomic mass is 32.2. The Morgan fingerprint density at radius 1 is 1.17 bits per heavy atom. The van der Waals surface area contributed by atoms with Gasteiger partial charge in [0.2, 0.25) is 10.0 Å². The van der Waals surface area contributed by atoms with Crippen LogP contribution in [0.1, 0.15) is 35.3 Å². The minimum atomic E-state index is -3.48. The van der Waals surface area contributed by atoms with Crippen molar-refractivity contribution in [2.45, 2.75) is 50.2 Å². The molecule has 0 saturated heterocycles. The molecule has 0 radical (unpaired) electrons. The molecule has 0 bridgehead atoms. The summed E-state index contributed by atoms with van der Waals surface area (Å²) in [4.78, 5) is 20.5. The first-order valence-corrected chi connectivity index (χ1v) is 13.7. The molecule has 4 rings (SSSR count). The number of aryl methyl sites for hydroxylation is 3. The second-order valence-electron chi connectivity index (χ2n) is 7.55. The first-order chi connectivity index (χ1) is 14.4. The summed E-state index contributed by atoms with van der Waals surface area (Å²) in [5.74, 6) is 0.481. The van der Waals surface area contributed by atoms with Crippen molar-refractivity contribution < 1.29 is 8.42 Å². The number of nitrogens with zero attached hydrogens (tertiary/aromatic N) is 2. The van der Waals surface area contributed by atoms with Gasteiger partial charge in [-0.3, -0.25) is 9.36 Å². The summed E-state index contributed by atoms with van der Waals surface area (Å²) in [6.45, 7) is 0.550. The van der Waals surface area contributed by atoms with E-state index in [1.165, 1.54) is 27.8 Å². The van der Waals surface area contributed by atoms with E-state index >= 15 is 0 Å². The Morgan fingerprint density at radius 3 is 2.70 bits per heavy atom. The van der Waals surface area contributed by atoms with Crippen LogP contribution in [0.2, 0.25) is 0 Å². The van der Waals surface area contributed by atoms with Crippen molar-refractivity contribution in [2.75, 3.05) is 11.5 Å². The number of fused-ring (bicyclic) bond motifs is 3. The van der Waals surface area contributed by atoms with Gasteiger partial charge >= 0.3 is 0 Å². The molecule has 2 N–H and O–H groups in total. The lowest BCUT2D eigenvalue weighted by Crippen LogP contribution is -2.25. The summed E-state index contributed by atoms with van der Waals surface area (Å²) < 4.78 is 24.2. The van der Waals surface area contributed by atoms with Crippen LogP contribution in [-0.4, -0.2) is 29.5 Å². The second-order valence-corrected chi connectivity index (χ2v) is 11.4. The summed E-state index contributed by atoms with van der Waals surface area (Å²) >= 11 is 3.08. The third-order valence-electron chi connectivity index (χ3n) is 5.31. The van der Waals surface area contributed by atoms with Gasteiger partial charge in [-0.1, -0.05) is 42.1 Å². The standard InChI is InChI=1S/C21H25N3O3S3/c22-30(26,27)14-6-13-28-21-23-19-18(16-9-4-5-10-17(16)29-19)20(25)24(21)12-11-15-7-2-1-3-8-15/h1-3,7-8H,4-6,9-14H2,(H2,22,26,27). The topological polar surface area (TPSA) is 95.1 Å². The smallest absolute Gasteiger partial charge is 0.263 e. The van der Waals surface area contributed by atoms with Gasteiger partial charge in [-0.25, -0.2) is 18.5 Å². The molecule has 1 aliphatic carbocycles. The molecular formula is C21H25N3O3S3. The van der Waals surface area contributed by atoms with Crippen LogP contribution in [0.4, 0.5) is 0 Å². The predicted octanol–water partition coefficient (Wildman–Crippen LogP) is 3.35. The number of sulfonamides is 1. The average molecular weight is 464 g/mol. The van der Waals surface area contributed by atoms with Gasteiger partial charge in [-0.15, -0.1) is 11.3 Å². The fraction of sp³-hybridized carbons (Fsp3) is 0.429. The molecule has 0 unspecified atom stereocenters. The Hall–Kier alpha value is -1.68. The number of hydrogen-bond acceptors (Lipinski definition) is 6. The predicted molar refractivity (Wildman–Crippen MR) is 124 cm³/mol. The first-order valence-electron chi connectivity index (χ1n) is 10.1. The number of rotatable bonds is 8. The lowest BCUT2D eigenvalue weighted by atomic mass is 9.97. The SMILES string of the molecule is NS(=O)(=O)CCCSc1nc2sc3c(c2c(=O)n1CCc1ccccc1)CCCC3. The van der Waals surface area contributed by atoms with Crippen LogP contribution >= 0.6 is 23.1 Å². The van der Waals surface area contributed by atoms with Crippen LogP contribution in [0.15, 0.2) is 40.3 Å². The number of benzene rings is 1. The van der Waals surface area contributed by atoms with Gasteiger partial charge in [0.1, 0.15) is 4.83 Å². The lowest BCUT2D eigenvalue weighted by molar-refractivity contribution is 0.593. The molecule has 0 amide bonds. The van der Waals surface area contributed by atoms with Crippen molar-refractivity contribution in [3.05, 3.63) is 56.7 Å². The highest BCUT2D eigenvalue weighted by molar-refractivity contribution is 7.99. The molecule has 3 aromatic rings. The summed E-state index contributed by atoms with van der Waals surface area (Å²) in [5, 5.41) is 6.56. The maximum absolute atomic E-state index is 13.5. The van der Waals surface area contributed by atoms with Gasteiger partial charge in [0.25, 0.3) is 5.56 Å². The number of thioether (sulfide) groups is 1. The van der Waals surface area contributed by atoms with Crippen molar-refractivity contribution in [3.8, 4) is 0 Å². The molecule has 0 saturated carbocycles. The van der Waals surface area contributed by atoms with Crippen LogP contribution in [-0.2, 0) is 35.8 Å². The Bertz CT molecular complexity index is 1200. The Kier molecular flexibility index (Phi) is 6.62. The molecule has 6 nitrogen and oxygen atoms in total. The van der Waals surface area contributed by atoms with E-state index in [9.17, 15) is 13.2 Å². The third-order valence-corrected chi connectivity index (χ3v) is 8.42. The van der Waals surface area contributed by atoms with E-state index in [2.05, 4.69) is 12.1 Å². The highest BCUT2D eigenvalue weighted by Gasteiger charge is 2.22. The zero-order valence-electron chi connectivity index (χ0n) is 16.7. The molecular weight excluding hydrogens is 438 g/mol.